The van der Waals surface area contributed by atoms with Gasteiger partial charge in [-0.15, -0.1) is 0 Å². The lowest BCUT2D eigenvalue weighted by molar-refractivity contribution is 0.333. The van der Waals surface area contributed by atoms with E-state index in [2.05, 4.69) is 21.2 Å². The average molecular weight is 352 g/mol. The first-order chi connectivity index (χ1) is 10.2. The van der Waals surface area contributed by atoms with Crippen LogP contribution in [0.25, 0.3) is 0 Å². The number of hydrogen-bond donors (Lipinski definition) is 1. The van der Waals surface area contributed by atoms with Crippen molar-refractivity contribution >= 4 is 15.9 Å². The Morgan fingerprint density at radius 1 is 1.14 bits per heavy atom. The number of halogens is 2. The summed E-state index contributed by atoms with van der Waals surface area (Å²) in [5.41, 5.74) is 1.55. The second-order valence-corrected chi connectivity index (χ2v) is 5.54. The molecule has 0 fully saturated rings. The molecule has 21 heavy (non-hydrogen) atoms. The molecule has 2 aromatic carbocycles. The summed E-state index contributed by atoms with van der Waals surface area (Å²) in [7, 11) is 0. The van der Waals surface area contributed by atoms with Gasteiger partial charge in [-0.2, -0.15) is 0 Å². The molecular formula is C17H19BrFNO. The van der Waals surface area contributed by atoms with Crippen molar-refractivity contribution < 1.29 is 9.13 Å². The van der Waals surface area contributed by atoms with Gasteiger partial charge >= 0.3 is 0 Å². The Kier molecular flexibility index (Phi) is 5.76. The Morgan fingerprint density at radius 3 is 2.57 bits per heavy atom. The van der Waals surface area contributed by atoms with E-state index in [1.807, 2.05) is 38.1 Å². The van der Waals surface area contributed by atoms with Crippen molar-refractivity contribution in [1.29, 1.82) is 0 Å². The fraction of sp³-hybridized carbons (Fsp3) is 0.294. The summed E-state index contributed by atoms with van der Waals surface area (Å²) in [5.74, 6) is 0.556. The maximum atomic E-state index is 14.2. The van der Waals surface area contributed by atoms with Crippen molar-refractivity contribution in [1.82, 2.24) is 5.32 Å². The molecule has 0 heterocycles. The summed E-state index contributed by atoms with van der Waals surface area (Å²) in [6.45, 7) is 5.26. The number of benzene rings is 2. The van der Waals surface area contributed by atoms with Crippen LogP contribution in [0.15, 0.2) is 46.9 Å². The summed E-state index contributed by atoms with van der Waals surface area (Å²) < 4.78 is 20.8. The highest BCUT2D eigenvalue weighted by atomic mass is 79.9. The summed E-state index contributed by atoms with van der Waals surface area (Å²) in [5, 5.41) is 3.34. The van der Waals surface area contributed by atoms with E-state index in [1.54, 1.807) is 12.1 Å². The molecule has 0 amide bonds. The summed E-state index contributed by atoms with van der Waals surface area (Å²) in [4.78, 5) is 0. The Bertz CT molecular complexity index is 603. The second-order valence-electron chi connectivity index (χ2n) is 4.63. The summed E-state index contributed by atoms with van der Waals surface area (Å²) >= 11 is 3.48. The van der Waals surface area contributed by atoms with Crippen LogP contribution in [0.4, 0.5) is 4.39 Å². The molecule has 2 nitrogen and oxygen atoms in total. The van der Waals surface area contributed by atoms with E-state index in [-0.39, 0.29) is 11.9 Å². The van der Waals surface area contributed by atoms with E-state index < -0.39 is 0 Å². The summed E-state index contributed by atoms with van der Waals surface area (Å²) in [6.07, 6.45) is 0. The molecule has 0 saturated carbocycles. The highest BCUT2D eigenvalue weighted by Gasteiger charge is 2.20. The zero-order chi connectivity index (χ0) is 15.2. The van der Waals surface area contributed by atoms with Gasteiger partial charge in [0.05, 0.1) is 12.6 Å². The number of nitrogens with one attached hydrogen (secondary N) is 1. The fourth-order valence-electron chi connectivity index (χ4n) is 2.33. The van der Waals surface area contributed by atoms with Gasteiger partial charge < -0.3 is 10.1 Å². The molecule has 4 heteroatoms. The van der Waals surface area contributed by atoms with Crippen LogP contribution in [0.5, 0.6) is 5.75 Å². The molecule has 0 aliphatic rings. The molecule has 0 bridgehead atoms. The minimum Gasteiger partial charge on any atom is -0.494 e. The summed E-state index contributed by atoms with van der Waals surface area (Å²) in [6, 6.07) is 12.4. The minimum absolute atomic E-state index is 0.217. The van der Waals surface area contributed by atoms with Crippen LogP contribution < -0.4 is 10.1 Å². The van der Waals surface area contributed by atoms with E-state index in [4.69, 9.17) is 4.74 Å². The monoisotopic (exact) mass is 351 g/mol. The van der Waals surface area contributed by atoms with Gasteiger partial charge in [0.1, 0.15) is 11.6 Å². The first-order valence-electron chi connectivity index (χ1n) is 7.07. The molecule has 2 rings (SSSR count). The smallest absolute Gasteiger partial charge is 0.128 e. The largest absolute Gasteiger partial charge is 0.494 e. The van der Waals surface area contributed by atoms with Crippen LogP contribution in [0, 0.1) is 5.82 Å². The van der Waals surface area contributed by atoms with Gasteiger partial charge in [0.2, 0.25) is 0 Å². The van der Waals surface area contributed by atoms with Crippen LogP contribution in [0.1, 0.15) is 31.0 Å². The zero-order valence-electron chi connectivity index (χ0n) is 12.2. The predicted molar refractivity (Wildman–Crippen MR) is 87.2 cm³/mol. The predicted octanol–water partition coefficient (Wildman–Crippen LogP) is 4.69. The van der Waals surface area contributed by atoms with Crippen molar-refractivity contribution in [2.45, 2.75) is 19.9 Å². The third-order valence-corrected chi connectivity index (χ3v) is 3.70. The lowest BCUT2D eigenvalue weighted by Gasteiger charge is -2.22. The number of rotatable bonds is 6. The third kappa shape index (κ3) is 3.83. The van der Waals surface area contributed by atoms with Crippen LogP contribution >= 0.6 is 15.9 Å². The Balaban J connectivity index is 2.52. The average Bonchev–Trinajstić information content (AvgIpc) is 2.48. The van der Waals surface area contributed by atoms with Crippen LogP contribution in [0.2, 0.25) is 0 Å². The standard InChI is InChI=1S/C17H19BrFNO/c1-3-20-17(13-7-5-6-8-15(13)19)14-11-12(18)9-10-16(14)21-4-2/h5-11,17,20H,3-4H2,1-2H3. The number of hydrogen-bond acceptors (Lipinski definition) is 2. The molecule has 2 aromatic rings. The van der Waals surface area contributed by atoms with Gasteiger partial charge in [-0.25, -0.2) is 4.39 Å². The minimum atomic E-state index is -0.241. The Labute approximate surface area is 133 Å². The van der Waals surface area contributed by atoms with Crippen LogP contribution in [0.3, 0.4) is 0 Å². The molecule has 0 saturated heterocycles. The van der Waals surface area contributed by atoms with Gasteiger partial charge in [-0.3, -0.25) is 0 Å². The number of ether oxygens (including phenoxy) is 1. The topological polar surface area (TPSA) is 21.3 Å². The maximum absolute atomic E-state index is 14.2. The SMILES string of the molecule is CCNC(c1ccccc1F)c1cc(Br)ccc1OCC. The lowest BCUT2D eigenvalue weighted by Crippen LogP contribution is -2.23. The molecule has 112 valence electrons. The van der Waals surface area contributed by atoms with Crippen LogP contribution in [-0.4, -0.2) is 13.2 Å². The van der Waals surface area contributed by atoms with E-state index in [9.17, 15) is 4.39 Å². The molecule has 1 N–H and O–H groups in total. The molecule has 0 radical (unpaired) electrons. The first-order valence-corrected chi connectivity index (χ1v) is 7.86. The van der Waals surface area contributed by atoms with E-state index in [0.29, 0.717) is 12.2 Å². The maximum Gasteiger partial charge on any atom is 0.128 e. The molecule has 0 aromatic heterocycles. The molecule has 0 aliphatic carbocycles. The van der Waals surface area contributed by atoms with Crippen molar-refractivity contribution in [3.8, 4) is 5.75 Å². The highest BCUT2D eigenvalue weighted by molar-refractivity contribution is 9.10. The fourth-order valence-corrected chi connectivity index (χ4v) is 2.71. The van der Waals surface area contributed by atoms with Crippen molar-refractivity contribution in [3.05, 3.63) is 63.9 Å². The van der Waals surface area contributed by atoms with E-state index in [1.165, 1.54) is 6.07 Å². The van der Waals surface area contributed by atoms with Gasteiger partial charge in [0, 0.05) is 15.6 Å². The zero-order valence-corrected chi connectivity index (χ0v) is 13.8. The van der Waals surface area contributed by atoms with Gasteiger partial charge in [-0.1, -0.05) is 41.1 Å². The highest BCUT2D eigenvalue weighted by Crippen LogP contribution is 2.33. The quantitative estimate of drug-likeness (QED) is 0.815. The van der Waals surface area contributed by atoms with Crippen molar-refractivity contribution in [2.24, 2.45) is 0 Å². The molecule has 0 spiro atoms. The van der Waals surface area contributed by atoms with Crippen LogP contribution in [-0.2, 0) is 0 Å². The second kappa shape index (κ2) is 7.57. The van der Waals surface area contributed by atoms with Crippen molar-refractivity contribution in [3.63, 3.8) is 0 Å². The van der Waals surface area contributed by atoms with Gasteiger partial charge in [-0.05, 0) is 37.7 Å². The van der Waals surface area contributed by atoms with Gasteiger partial charge in [0.15, 0.2) is 0 Å². The van der Waals surface area contributed by atoms with Crippen molar-refractivity contribution in [2.75, 3.05) is 13.2 Å². The molecule has 0 aliphatic heterocycles. The van der Waals surface area contributed by atoms with Gasteiger partial charge in [0.25, 0.3) is 0 Å². The Hall–Kier alpha value is -1.39. The van der Waals surface area contributed by atoms with E-state index in [0.717, 1.165) is 22.3 Å². The Morgan fingerprint density at radius 2 is 1.90 bits per heavy atom. The molecule has 1 unspecified atom stereocenters. The normalized spacial score (nSPS) is 12.2. The third-order valence-electron chi connectivity index (χ3n) is 3.21. The molecular weight excluding hydrogens is 333 g/mol. The first kappa shape index (κ1) is 16.0. The molecule has 1 atom stereocenters. The van der Waals surface area contributed by atoms with E-state index >= 15 is 0 Å². The lowest BCUT2D eigenvalue weighted by atomic mass is 9.97.